The Balaban J connectivity index is 3.61. The minimum Gasteiger partial charge on any atom is -0.382 e. The van der Waals surface area contributed by atoms with Crippen LogP contribution >= 0.6 is 0 Å². The molecule has 18 heavy (non-hydrogen) atoms. The molecule has 0 bridgehead atoms. The first-order chi connectivity index (χ1) is 8.49. The molecule has 0 spiro atoms. The lowest BCUT2D eigenvalue weighted by Gasteiger charge is -2.15. The standard InChI is InChI=1S/C12H25N3O3/c1-4-18-7-5-6-14-10(16)8-15-12(17)11(13)9(2)3/h9,11H,4-8,13H2,1-3H3,(H,14,16)(H,15,17)/t11-/m0/s1. The minimum atomic E-state index is -0.573. The number of ether oxygens (including phenoxy) is 1. The zero-order valence-corrected chi connectivity index (χ0v) is 11.5. The lowest BCUT2D eigenvalue weighted by molar-refractivity contribution is -0.127. The van der Waals surface area contributed by atoms with Gasteiger partial charge in [-0.3, -0.25) is 9.59 Å². The molecule has 6 heteroatoms. The summed E-state index contributed by atoms with van der Waals surface area (Å²) in [5.41, 5.74) is 5.64. The van der Waals surface area contributed by atoms with Crippen molar-refractivity contribution < 1.29 is 14.3 Å². The average Bonchev–Trinajstić information content (AvgIpc) is 2.34. The van der Waals surface area contributed by atoms with Gasteiger partial charge in [-0.05, 0) is 19.3 Å². The van der Waals surface area contributed by atoms with E-state index in [2.05, 4.69) is 10.6 Å². The molecular formula is C12H25N3O3. The zero-order chi connectivity index (χ0) is 14.0. The summed E-state index contributed by atoms with van der Waals surface area (Å²) in [6.07, 6.45) is 0.763. The number of rotatable bonds is 9. The van der Waals surface area contributed by atoms with Crippen molar-refractivity contribution in [2.24, 2.45) is 11.7 Å². The summed E-state index contributed by atoms with van der Waals surface area (Å²) in [7, 11) is 0. The maximum Gasteiger partial charge on any atom is 0.239 e. The van der Waals surface area contributed by atoms with E-state index in [1.807, 2.05) is 20.8 Å². The van der Waals surface area contributed by atoms with Crippen LogP contribution in [0.25, 0.3) is 0 Å². The van der Waals surface area contributed by atoms with Gasteiger partial charge in [0.25, 0.3) is 0 Å². The van der Waals surface area contributed by atoms with Crippen molar-refractivity contribution in [2.75, 3.05) is 26.3 Å². The van der Waals surface area contributed by atoms with Crippen molar-refractivity contribution in [1.29, 1.82) is 0 Å². The first-order valence-electron chi connectivity index (χ1n) is 6.36. The van der Waals surface area contributed by atoms with Crippen LogP contribution in [0.5, 0.6) is 0 Å². The van der Waals surface area contributed by atoms with Crippen LogP contribution in [0.1, 0.15) is 27.2 Å². The molecule has 6 nitrogen and oxygen atoms in total. The summed E-state index contributed by atoms with van der Waals surface area (Å²) in [5.74, 6) is -0.454. The molecule has 0 aromatic carbocycles. The Bertz CT molecular complexity index is 257. The van der Waals surface area contributed by atoms with E-state index in [4.69, 9.17) is 10.5 Å². The van der Waals surface area contributed by atoms with Crippen LogP contribution in [0.4, 0.5) is 0 Å². The maximum absolute atomic E-state index is 11.5. The van der Waals surface area contributed by atoms with Crippen LogP contribution in [0, 0.1) is 5.92 Å². The quantitative estimate of drug-likeness (QED) is 0.492. The molecular weight excluding hydrogens is 234 g/mol. The smallest absolute Gasteiger partial charge is 0.239 e. The van der Waals surface area contributed by atoms with E-state index in [1.54, 1.807) is 0 Å². The second kappa shape index (κ2) is 9.85. The van der Waals surface area contributed by atoms with Gasteiger partial charge >= 0.3 is 0 Å². The molecule has 0 aliphatic carbocycles. The highest BCUT2D eigenvalue weighted by atomic mass is 16.5. The molecule has 0 fully saturated rings. The van der Waals surface area contributed by atoms with Crippen LogP contribution in [-0.2, 0) is 14.3 Å². The summed E-state index contributed by atoms with van der Waals surface area (Å²) in [6, 6.07) is -0.573. The predicted molar refractivity (Wildman–Crippen MR) is 69.9 cm³/mol. The van der Waals surface area contributed by atoms with E-state index in [0.717, 1.165) is 6.42 Å². The van der Waals surface area contributed by atoms with E-state index in [1.165, 1.54) is 0 Å². The van der Waals surface area contributed by atoms with E-state index in [-0.39, 0.29) is 24.3 Å². The van der Waals surface area contributed by atoms with Crippen molar-refractivity contribution in [1.82, 2.24) is 10.6 Å². The number of carbonyl (C=O) groups excluding carboxylic acids is 2. The lowest BCUT2D eigenvalue weighted by atomic mass is 10.1. The van der Waals surface area contributed by atoms with Gasteiger partial charge in [0.1, 0.15) is 0 Å². The summed E-state index contributed by atoms with van der Waals surface area (Å²) in [4.78, 5) is 22.8. The fraction of sp³-hybridized carbons (Fsp3) is 0.833. The number of hydrogen-bond acceptors (Lipinski definition) is 4. The van der Waals surface area contributed by atoms with Gasteiger partial charge in [-0.1, -0.05) is 13.8 Å². The molecule has 0 aromatic rings. The van der Waals surface area contributed by atoms with Crippen LogP contribution in [-0.4, -0.2) is 44.2 Å². The van der Waals surface area contributed by atoms with Crippen LogP contribution in [0.15, 0.2) is 0 Å². The normalized spacial score (nSPS) is 12.3. The fourth-order valence-electron chi connectivity index (χ4n) is 1.20. The monoisotopic (exact) mass is 259 g/mol. The van der Waals surface area contributed by atoms with E-state index >= 15 is 0 Å². The fourth-order valence-corrected chi connectivity index (χ4v) is 1.20. The molecule has 0 aliphatic heterocycles. The van der Waals surface area contributed by atoms with Crippen LogP contribution in [0.2, 0.25) is 0 Å². The highest BCUT2D eigenvalue weighted by Gasteiger charge is 2.17. The lowest BCUT2D eigenvalue weighted by Crippen LogP contribution is -2.47. The van der Waals surface area contributed by atoms with Gasteiger partial charge in [-0.15, -0.1) is 0 Å². The summed E-state index contributed by atoms with van der Waals surface area (Å²) in [6.45, 7) is 7.46. The molecule has 0 aliphatic rings. The molecule has 1 atom stereocenters. The molecule has 106 valence electrons. The SMILES string of the molecule is CCOCCCNC(=O)CNC(=O)[C@@H](N)C(C)C. The number of hydrogen-bond donors (Lipinski definition) is 3. The average molecular weight is 259 g/mol. The van der Waals surface area contributed by atoms with Gasteiger partial charge in [-0.2, -0.15) is 0 Å². The van der Waals surface area contributed by atoms with Crippen molar-refractivity contribution in [3.63, 3.8) is 0 Å². The second-order valence-corrected chi connectivity index (χ2v) is 4.39. The Morgan fingerprint density at radius 2 is 1.94 bits per heavy atom. The first kappa shape index (κ1) is 16.9. The number of amides is 2. The summed E-state index contributed by atoms with van der Waals surface area (Å²) >= 11 is 0. The highest BCUT2D eigenvalue weighted by molar-refractivity contribution is 5.87. The van der Waals surface area contributed by atoms with Crippen LogP contribution < -0.4 is 16.4 Å². The molecule has 0 rings (SSSR count). The largest absolute Gasteiger partial charge is 0.382 e. The number of nitrogens with one attached hydrogen (secondary N) is 2. The Hall–Kier alpha value is -1.14. The highest BCUT2D eigenvalue weighted by Crippen LogP contribution is 1.97. The maximum atomic E-state index is 11.5. The van der Waals surface area contributed by atoms with E-state index in [0.29, 0.717) is 19.8 Å². The number of nitrogens with two attached hydrogens (primary N) is 1. The van der Waals surface area contributed by atoms with E-state index in [9.17, 15) is 9.59 Å². The molecule has 0 aromatic heterocycles. The number of carbonyl (C=O) groups is 2. The Labute approximate surface area is 109 Å². The van der Waals surface area contributed by atoms with Gasteiger partial charge in [0.15, 0.2) is 0 Å². The van der Waals surface area contributed by atoms with Gasteiger partial charge in [-0.25, -0.2) is 0 Å². The minimum absolute atomic E-state index is 0.0338. The van der Waals surface area contributed by atoms with Crippen molar-refractivity contribution in [3.8, 4) is 0 Å². The molecule has 4 N–H and O–H groups in total. The molecule has 0 unspecified atom stereocenters. The van der Waals surface area contributed by atoms with Crippen molar-refractivity contribution >= 4 is 11.8 Å². The van der Waals surface area contributed by atoms with Gasteiger partial charge < -0.3 is 21.1 Å². The zero-order valence-electron chi connectivity index (χ0n) is 11.5. The predicted octanol–water partition coefficient (Wildman–Crippen LogP) is -0.371. The first-order valence-corrected chi connectivity index (χ1v) is 6.36. The molecule has 0 radical (unpaired) electrons. The van der Waals surface area contributed by atoms with Crippen molar-refractivity contribution in [3.05, 3.63) is 0 Å². The third kappa shape index (κ3) is 8.03. The van der Waals surface area contributed by atoms with Crippen LogP contribution in [0.3, 0.4) is 0 Å². The van der Waals surface area contributed by atoms with Crippen molar-refractivity contribution in [2.45, 2.75) is 33.2 Å². The van der Waals surface area contributed by atoms with Gasteiger partial charge in [0.2, 0.25) is 11.8 Å². The van der Waals surface area contributed by atoms with Gasteiger partial charge in [0.05, 0.1) is 12.6 Å². The molecule has 0 saturated carbocycles. The van der Waals surface area contributed by atoms with Gasteiger partial charge in [0, 0.05) is 19.8 Å². The van der Waals surface area contributed by atoms with E-state index < -0.39 is 6.04 Å². The third-order valence-corrected chi connectivity index (χ3v) is 2.44. The third-order valence-electron chi connectivity index (χ3n) is 2.44. The molecule has 0 saturated heterocycles. The molecule has 2 amide bonds. The second-order valence-electron chi connectivity index (χ2n) is 4.39. The summed E-state index contributed by atoms with van der Waals surface area (Å²) in [5, 5.41) is 5.20. The summed E-state index contributed by atoms with van der Waals surface area (Å²) < 4.78 is 5.13. The Morgan fingerprint density at radius 1 is 1.28 bits per heavy atom. The Morgan fingerprint density at radius 3 is 2.50 bits per heavy atom. The Kier molecular flexibility index (Phi) is 9.22. The molecule has 0 heterocycles. The topological polar surface area (TPSA) is 93.5 Å².